The fourth-order valence-electron chi connectivity index (χ4n) is 3.30. The van der Waals surface area contributed by atoms with Crippen LogP contribution in [0.4, 0.5) is 0 Å². The first-order valence-electron chi connectivity index (χ1n) is 8.01. The monoisotopic (exact) mass is 336 g/mol. The second kappa shape index (κ2) is 5.60. The van der Waals surface area contributed by atoms with Gasteiger partial charge in [0.1, 0.15) is 5.82 Å². The zero-order chi connectivity index (χ0) is 16.8. The Bertz CT molecular complexity index is 1060. The van der Waals surface area contributed by atoms with E-state index in [1.165, 1.54) is 16.7 Å². The third-order valence-electron chi connectivity index (χ3n) is 4.56. The Labute approximate surface area is 145 Å². The summed E-state index contributed by atoms with van der Waals surface area (Å²) in [5.74, 6) is 0.759. The van der Waals surface area contributed by atoms with Gasteiger partial charge >= 0.3 is 0 Å². The van der Waals surface area contributed by atoms with Gasteiger partial charge in [-0.1, -0.05) is 35.4 Å². The number of rotatable bonds is 1. The summed E-state index contributed by atoms with van der Waals surface area (Å²) in [5.41, 5.74) is 5.41. The van der Waals surface area contributed by atoms with Crippen LogP contribution in [0.2, 0.25) is 5.02 Å². The van der Waals surface area contributed by atoms with Gasteiger partial charge in [0.25, 0.3) is 5.56 Å². The number of fused-ring (bicyclic) bond motifs is 2. The van der Waals surface area contributed by atoms with Crippen LogP contribution in [-0.4, -0.2) is 9.55 Å². The summed E-state index contributed by atoms with van der Waals surface area (Å²) in [6.07, 6.45) is 2.97. The van der Waals surface area contributed by atoms with E-state index in [2.05, 4.69) is 38.1 Å². The summed E-state index contributed by atoms with van der Waals surface area (Å²) in [6.45, 7) is 4.87. The van der Waals surface area contributed by atoms with Gasteiger partial charge in [-0.25, -0.2) is 4.98 Å². The van der Waals surface area contributed by atoms with E-state index in [4.69, 9.17) is 16.6 Å². The highest BCUT2D eigenvalue weighted by molar-refractivity contribution is 6.31. The van der Waals surface area contributed by atoms with Crippen molar-refractivity contribution in [1.29, 1.82) is 0 Å². The zero-order valence-corrected chi connectivity index (χ0v) is 14.4. The molecule has 1 aliphatic rings. The first kappa shape index (κ1) is 15.2. The maximum absolute atomic E-state index is 12.7. The van der Waals surface area contributed by atoms with Gasteiger partial charge in [-0.3, -0.25) is 9.36 Å². The lowest BCUT2D eigenvalue weighted by Crippen LogP contribution is -2.20. The third-order valence-corrected chi connectivity index (χ3v) is 4.80. The topological polar surface area (TPSA) is 34.9 Å². The van der Waals surface area contributed by atoms with Crippen molar-refractivity contribution in [2.75, 3.05) is 0 Å². The number of hydrogen-bond donors (Lipinski definition) is 0. The lowest BCUT2D eigenvalue weighted by Gasteiger charge is -2.07. The van der Waals surface area contributed by atoms with Crippen LogP contribution < -0.4 is 5.56 Å². The molecule has 4 rings (SSSR count). The molecular formula is C20H17ClN2O. The number of hydrogen-bond acceptors (Lipinski definition) is 2. The predicted molar refractivity (Wildman–Crippen MR) is 99.4 cm³/mol. The van der Waals surface area contributed by atoms with Gasteiger partial charge in [-0.05, 0) is 61.2 Å². The van der Waals surface area contributed by atoms with Crippen LogP contribution in [0.25, 0.3) is 22.6 Å². The number of nitrogens with zero attached hydrogens (tertiary/aromatic N) is 2. The highest BCUT2D eigenvalue weighted by Crippen LogP contribution is 2.29. The Hall–Kier alpha value is -2.39. The van der Waals surface area contributed by atoms with Gasteiger partial charge in [0.05, 0.1) is 10.9 Å². The minimum Gasteiger partial charge on any atom is -0.292 e. The molecule has 0 unspecified atom stereocenters. The van der Waals surface area contributed by atoms with Crippen LogP contribution in [0.15, 0.2) is 41.2 Å². The molecule has 24 heavy (non-hydrogen) atoms. The molecule has 3 aromatic rings. The smallest absolute Gasteiger partial charge is 0.261 e. The highest BCUT2D eigenvalue weighted by atomic mass is 35.5. The summed E-state index contributed by atoms with van der Waals surface area (Å²) in [4.78, 5) is 17.4. The largest absolute Gasteiger partial charge is 0.292 e. The van der Waals surface area contributed by atoms with Crippen molar-refractivity contribution in [3.05, 3.63) is 74.3 Å². The SMILES string of the molecule is Cc1ccc(/C=C2\CCn3c2nc2cc(Cl)ccc2c3=O)c(C)c1. The highest BCUT2D eigenvalue weighted by Gasteiger charge is 2.21. The molecule has 2 heterocycles. The van der Waals surface area contributed by atoms with E-state index < -0.39 is 0 Å². The van der Waals surface area contributed by atoms with Crippen LogP contribution in [0.1, 0.15) is 28.9 Å². The summed E-state index contributed by atoms with van der Waals surface area (Å²) >= 11 is 6.06. The molecule has 0 aliphatic carbocycles. The molecule has 0 amide bonds. The molecule has 0 atom stereocenters. The van der Waals surface area contributed by atoms with Gasteiger partial charge in [-0.2, -0.15) is 0 Å². The van der Waals surface area contributed by atoms with Gasteiger partial charge in [0, 0.05) is 11.6 Å². The molecule has 0 saturated heterocycles. The number of aryl methyl sites for hydroxylation is 2. The number of allylic oxidation sites excluding steroid dienone is 1. The Morgan fingerprint density at radius 3 is 2.79 bits per heavy atom. The number of benzene rings is 2. The lowest BCUT2D eigenvalue weighted by molar-refractivity contribution is 0.725. The van der Waals surface area contributed by atoms with Crippen LogP contribution >= 0.6 is 11.6 Å². The lowest BCUT2D eigenvalue weighted by atomic mass is 10.0. The summed E-state index contributed by atoms with van der Waals surface area (Å²) in [5, 5.41) is 1.22. The molecule has 0 N–H and O–H groups in total. The molecule has 0 spiro atoms. The Morgan fingerprint density at radius 1 is 1.17 bits per heavy atom. The molecule has 0 radical (unpaired) electrons. The first-order chi connectivity index (χ1) is 11.5. The van der Waals surface area contributed by atoms with E-state index in [-0.39, 0.29) is 5.56 Å². The summed E-state index contributed by atoms with van der Waals surface area (Å²) in [6, 6.07) is 11.6. The van der Waals surface area contributed by atoms with E-state index in [9.17, 15) is 4.79 Å². The first-order valence-corrected chi connectivity index (χ1v) is 8.39. The van der Waals surface area contributed by atoms with Crippen molar-refractivity contribution < 1.29 is 0 Å². The maximum atomic E-state index is 12.7. The minimum absolute atomic E-state index is 0.00990. The number of halogens is 1. The number of aromatic nitrogens is 2. The standard InChI is InChI=1S/C20H17ClN2O/c1-12-3-4-14(13(2)9-12)10-15-7-8-23-19(15)22-18-11-16(21)5-6-17(18)20(23)24/h3-6,9-11H,7-8H2,1-2H3/b15-10+. The summed E-state index contributed by atoms with van der Waals surface area (Å²) in [7, 11) is 0. The van der Waals surface area contributed by atoms with Crippen molar-refractivity contribution >= 4 is 34.2 Å². The molecule has 0 saturated carbocycles. The van der Waals surface area contributed by atoms with Crippen molar-refractivity contribution in [3.63, 3.8) is 0 Å². The Morgan fingerprint density at radius 2 is 2.00 bits per heavy atom. The molecule has 0 bridgehead atoms. The average Bonchev–Trinajstić information content (AvgIpc) is 2.93. The molecule has 120 valence electrons. The van der Waals surface area contributed by atoms with E-state index in [0.717, 1.165) is 17.8 Å². The fourth-order valence-corrected chi connectivity index (χ4v) is 3.47. The van der Waals surface area contributed by atoms with Crippen molar-refractivity contribution in [2.45, 2.75) is 26.8 Å². The third kappa shape index (κ3) is 2.45. The van der Waals surface area contributed by atoms with Crippen molar-refractivity contribution in [2.24, 2.45) is 0 Å². The zero-order valence-electron chi connectivity index (χ0n) is 13.6. The molecule has 1 aromatic heterocycles. The van der Waals surface area contributed by atoms with Crippen LogP contribution in [0, 0.1) is 13.8 Å². The van der Waals surface area contributed by atoms with Gasteiger partial charge in [-0.15, -0.1) is 0 Å². The molecular weight excluding hydrogens is 320 g/mol. The van der Waals surface area contributed by atoms with E-state index in [1.54, 1.807) is 22.8 Å². The van der Waals surface area contributed by atoms with Gasteiger partial charge in [0.2, 0.25) is 0 Å². The minimum atomic E-state index is 0.00990. The second-order valence-electron chi connectivity index (χ2n) is 6.33. The molecule has 2 aromatic carbocycles. The molecule has 0 fully saturated rings. The second-order valence-corrected chi connectivity index (χ2v) is 6.77. The average molecular weight is 337 g/mol. The van der Waals surface area contributed by atoms with Crippen molar-refractivity contribution in [3.8, 4) is 0 Å². The van der Waals surface area contributed by atoms with Gasteiger partial charge in [0.15, 0.2) is 0 Å². The van der Waals surface area contributed by atoms with Gasteiger partial charge < -0.3 is 0 Å². The van der Waals surface area contributed by atoms with Crippen LogP contribution in [-0.2, 0) is 6.54 Å². The van der Waals surface area contributed by atoms with E-state index in [1.807, 2.05) is 0 Å². The van der Waals surface area contributed by atoms with Crippen LogP contribution in [0.3, 0.4) is 0 Å². The van der Waals surface area contributed by atoms with E-state index in [0.29, 0.717) is 22.5 Å². The van der Waals surface area contributed by atoms with Crippen LogP contribution in [0.5, 0.6) is 0 Å². The maximum Gasteiger partial charge on any atom is 0.261 e. The van der Waals surface area contributed by atoms with E-state index >= 15 is 0 Å². The Balaban J connectivity index is 1.91. The quantitative estimate of drug-likeness (QED) is 0.650. The molecule has 3 nitrogen and oxygen atoms in total. The normalized spacial score (nSPS) is 15.2. The molecule has 4 heteroatoms. The van der Waals surface area contributed by atoms with Crippen molar-refractivity contribution in [1.82, 2.24) is 9.55 Å². The Kier molecular flexibility index (Phi) is 3.54. The summed E-state index contributed by atoms with van der Waals surface area (Å²) < 4.78 is 1.77. The predicted octanol–water partition coefficient (Wildman–Crippen LogP) is 4.61. The fraction of sp³-hybridized carbons (Fsp3) is 0.200. The molecule has 1 aliphatic heterocycles.